The highest BCUT2D eigenvalue weighted by molar-refractivity contribution is 7.99. The quantitative estimate of drug-likeness (QED) is 0.872. The van der Waals surface area contributed by atoms with Crippen molar-refractivity contribution in [2.75, 3.05) is 12.3 Å². The Bertz CT molecular complexity index is 533. The highest BCUT2D eigenvalue weighted by Gasteiger charge is 2.10. The molecule has 0 fully saturated rings. The van der Waals surface area contributed by atoms with E-state index in [4.69, 9.17) is 22.1 Å². The van der Waals surface area contributed by atoms with E-state index < -0.39 is 0 Å². The van der Waals surface area contributed by atoms with Gasteiger partial charge in [-0.25, -0.2) is 4.98 Å². The summed E-state index contributed by atoms with van der Waals surface area (Å²) in [5.41, 5.74) is 6.41. The van der Waals surface area contributed by atoms with Gasteiger partial charge in [-0.15, -0.1) is 0 Å². The van der Waals surface area contributed by atoms with Gasteiger partial charge in [-0.2, -0.15) is 4.98 Å². The maximum absolute atomic E-state index is 5.95. The third-order valence-electron chi connectivity index (χ3n) is 2.12. The average molecular weight is 282 g/mol. The summed E-state index contributed by atoms with van der Waals surface area (Å²) in [5, 5.41) is 1.38. The molecule has 0 amide bonds. The Kier molecular flexibility index (Phi) is 4.28. The number of hydrogen-bond acceptors (Lipinski definition) is 5. The molecule has 0 radical (unpaired) electrons. The van der Waals surface area contributed by atoms with Crippen molar-refractivity contribution in [2.24, 2.45) is 0 Å². The fraction of sp³-hybridized carbons (Fsp3) is 0.167. The first kappa shape index (κ1) is 13.0. The second-order valence-corrected chi connectivity index (χ2v) is 4.89. The van der Waals surface area contributed by atoms with Gasteiger partial charge in [0.05, 0.1) is 6.61 Å². The molecule has 0 saturated heterocycles. The molecule has 0 aliphatic heterocycles. The summed E-state index contributed by atoms with van der Waals surface area (Å²) < 4.78 is 5.32. The number of hydrogen-bond donors (Lipinski definition) is 1. The zero-order valence-corrected chi connectivity index (χ0v) is 11.3. The summed E-state index contributed by atoms with van der Waals surface area (Å²) in [6, 6.07) is 7.47. The standard InChI is InChI=1S/C12H12ClN3OS/c1-2-17-11-10(14)12(16-7-15-11)18-9-5-3-8(13)4-6-9/h3-7H,2,14H2,1H3. The number of benzene rings is 1. The van der Waals surface area contributed by atoms with Crippen LogP contribution in [-0.4, -0.2) is 16.6 Å². The van der Waals surface area contributed by atoms with E-state index in [9.17, 15) is 0 Å². The SMILES string of the molecule is CCOc1ncnc(Sc2ccc(Cl)cc2)c1N. The molecular weight excluding hydrogens is 270 g/mol. The van der Waals surface area contributed by atoms with Crippen LogP contribution in [0.3, 0.4) is 0 Å². The van der Waals surface area contributed by atoms with E-state index in [-0.39, 0.29) is 0 Å². The minimum atomic E-state index is 0.420. The minimum absolute atomic E-state index is 0.420. The minimum Gasteiger partial charge on any atom is -0.476 e. The van der Waals surface area contributed by atoms with Crippen LogP contribution in [0.5, 0.6) is 5.88 Å². The van der Waals surface area contributed by atoms with Crippen LogP contribution in [-0.2, 0) is 0 Å². The highest BCUT2D eigenvalue weighted by atomic mass is 35.5. The predicted octanol–water partition coefficient (Wildman–Crippen LogP) is 3.26. The van der Waals surface area contributed by atoms with Crippen molar-refractivity contribution < 1.29 is 4.74 Å². The van der Waals surface area contributed by atoms with Crippen LogP contribution in [0.25, 0.3) is 0 Å². The zero-order valence-electron chi connectivity index (χ0n) is 9.76. The molecule has 18 heavy (non-hydrogen) atoms. The zero-order chi connectivity index (χ0) is 13.0. The van der Waals surface area contributed by atoms with Crippen LogP contribution in [0.15, 0.2) is 40.5 Å². The van der Waals surface area contributed by atoms with Gasteiger partial charge in [-0.1, -0.05) is 23.4 Å². The second-order valence-electron chi connectivity index (χ2n) is 3.39. The Morgan fingerprint density at radius 2 is 2.00 bits per heavy atom. The van der Waals surface area contributed by atoms with Crippen molar-refractivity contribution in [3.63, 3.8) is 0 Å². The summed E-state index contributed by atoms with van der Waals surface area (Å²) in [7, 11) is 0. The van der Waals surface area contributed by atoms with Gasteiger partial charge in [0.15, 0.2) is 0 Å². The maximum Gasteiger partial charge on any atom is 0.241 e. The van der Waals surface area contributed by atoms with E-state index in [0.29, 0.717) is 28.2 Å². The molecular formula is C12H12ClN3OS. The normalized spacial score (nSPS) is 10.3. The molecule has 2 aromatic rings. The highest BCUT2D eigenvalue weighted by Crippen LogP contribution is 2.34. The molecule has 0 atom stereocenters. The second kappa shape index (κ2) is 5.93. The monoisotopic (exact) mass is 281 g/mol. The van der Waals surface area contributed by atoms with Gasteiger partial charge < -0.3 is 10.5 Å². The smallest absolute Gasteiger partial charge is 0.241 e. The lowest BCUT2D eigenvalue weighted by Gasteiger charge is -2.08. The number of halogens is 1. The largest absolute Gasteiger partial charge is 0.476 e. The summed E-state index contributed by atoms with van der Waals surface area (Å²) in [6.07, 6.45) is 1.44. The van der Waals surface area contributed by atoms with Crippen molar-refractivity contribution in [3.05, 3.63) is 35.6 Å². The Balaban J connectivity index is 2.23. The average Bonchev–Trinajstić information content (AvgIpc) is 2.37. The number of ether oxygens (including phenoxy) is 1. The van der Waals surface area contributed by atoms with Crippen molar-refractivity contribution in [1.29, 1.82) is 0 Å². The molecule has 2 rings (SSSR count). The molecule has 0 aliphatic carbocycles. The third-order valence-corrected chi connectivity index (χ3v) is 3.40. The molecule has 6 heteroatoms. The van der Waals surface area contributed by atoms with E-state index in [1.54, 1.807) is 0 Å². The predicted molar refractivity (Wildman–Crippen MR) is 73.2 cm³/mol. The Labute approximate surface area is 115 Å². The van der Waals surface area contributed by atoms with Crippen molar-refractivity contribution in [3.8, 4) is 5.88 Å². The molecule has 0 aliphatic rings. The Hall–Kier alpha value is -1.46. The topological polar surface area (TPSA) is 61.0 Å². The van der Waals surface area contributed by atoms with E-state index in [0.717, 1.165) is 4.90 Å². The van der Waals surface area contributed by atoms with Gasteiger partial charge in [-0.05, 0) is 31.2 Å². The lowest BCUT2D eigenvalue weighted by molar-refractivity contribution is 0.327. The molecule has 4 nitrogen and oxygen atoms in total. The first-order chi connectivity index (χ1) is 8.70. The van der Waals surface area contributed by atoms with Crippen molar-refractivity contribution in [1.82, 2.24) is 9.97 Å². The van der Waals surface area contributed by atoms with E-state index in [2.05, 4.69) is 9.97 Å². The molecule has 0 unspecified atom stereocenters. The van der Waals surface area contributed by atoms with Crippen LogP contribution >= 0.6 is 23.4 Å². The van der Waals surface area contributed by atoms with Gasteiger partial charge >= 0.3 is 0 Å². The lowest BCUT2D eigenvalue weighted by Crippen LogP contribution is -2.02. The fourth-order valence-electron chi connectivity index (χ4n) is 1.31. The molecule has 94 valence electrons. The fourth-order valence-corrected chi connectivity index (χ4v) is 2.23. The Morgan fingerprint density at radius 1 is 1.28 bits per heavy atom. The van der Waals surface area contributed by atoms with Crippen molar-refractivity contribution in [2.45, 2.75) is 16.8 Å². The van der Waals surface area contributed by atoms with Gasteiger partial charge in [0.25, 0.3) is 0 Å². The molecule has 1 aromatic heterocycles. The van der Waals surface area contributed by atoms with Crippen LogP contribution in [0.4, 0.5) is 5.69 Å². The number of nitrogen functional groups attached to an aromatic ring is 1. The summed E-state index contributed by atoms with van der Waals surface area (Å²) >= 11 is 7.28. The summed E-state index contributed by atoms with van der Waals surface area (Å²) in [6.45, 7) is 2.40. The summed E-state index contributed by atoms with van der Waals surface area (Å²) in [4.78, 5) is 9.15. The first-order valence-electron chi connectivity index (χ1n) is 5.37. The molecule has 2 N–H and O–H groups in total. The maximum atomic E-state index is 5.95. The van der Waals surface area contributed by atoms with Crippen LogP contribution in [0.2, 0.25) is 5.02 Å². The first-order valence-corrected chi connectivity index (χ1v) is 6.57. The van der Waals surface area contributed by atoms with Gasteiger partial charge in [0.1, 0.15) is 17.0 Å². The van der Waals surface area contributed by atoms with Gasteiger partial charge in [-0.3, -0.25) is 0 Å². The van der Waals surface area contributed by atoms with E-state index >= 15 is 0 Å². The van der Waals surface area contributed by atoms with Crippen LogP contribution in [0, 0.1) is 0 Å². The van der Waals surface area contributed by atoms with Crippen LogP contribution in [0.1, 0.15) is 6.92 Å². The number of aromatic nitrogens is 2. The number of nitrogens with zero attached hydrogens (tertiary/aromatic N) is 2. The van der Waals surface area contributed by atoms with Gasteiger partial charge in [0, 0.05) is 9.92 Å². The molecule has 0 saturated carbocycles. The molecule has 1 aromatic carbocycles. The number of rotatable bonds is 4. The number of anilines is 1. The molecule has 0 spiro atoms. The summed E-state index contributed by atoms with van der Waals surface area (Å²) in [5.74, 6) is 0.420. The van der Waals surface area contributed by atoms with Gasteiger partial charge in [0.2, 0.25) is 5.88 Å². The van der Waals surface area contributed by atoms with E-state index in [1.807, 2.05) is 31.2 Å². The lowest BCUT2D eigenvalue weighted by atomic mass is 10.4. The number of nitrogens with two attached hydrogens (primary N) is 1. The Morgan fingerprint density at radius 3 is 2.67 bits per heavy atom. The van der Waals surface area contributed by atoms with Crippen molar-refractivity contribution >= 4 is 29.1 Å². The molecule has 1 heterocycles. The van der Waals surface area contributed by atoms with E-state index in [1.165, 1.54) is 18.1 Å². The van der Waals surface area contributed by atoms with Crippen LogP contribution < -0.4 is 10.5 Å². The third kappa shape index (κ3) is 3.05. The molecule has 0 bridgehead atoms.